The fourth-order valence-corrected chi connectivity index (χ4v) is 2.17. The molecule has 0 aliphatic carbocycles. The van der Waals surface area contributed by atoms with Crippen molar-refractivity contribution in [1.82, 2.24) is 15.0 Å². The Morgan fingerprint density at radius 2 is 2.04 bits per heavy atom. The highest BCUT2D eigenvalue weighted by Crippen LogP contribution is 2.13. The minimum atomic E-state index is -0.0730. The van der Waals surface area contributed by atoms with Crippen LogP contribution in [0.1, 0.15) is 31.1 Å². The van der Waals surface area contributed by atoms with Gasteiger partial charge >= 0.3 is 0 Å². The monoisotopic (exact) mass is 318 g/mol. The summed E-state index contributed by atoms with van der Waals surface area (Å²) in [5.41, 5.74) is 1.95. The quantitative estimate of drug-likeness (QED) is 0.803. The number of aromatic nitrogens is 2. The lowest BCUT2D eigenvalue weighted by Crippen LogP contribution is -2.22. The molecule has 0 spiro atoms. The number of amides is 1. The summed E-state index contributed by atoms with van der Waals surface area (Å²) < 4.78 is 10.2. The molecule has 7 nitrogen and oxygen atoms in total. The summed E-state index contributed by atoms with van der Waals surface area (Å²) in [4.78, 5) is 17.5. The first kappa shape index (κ1) is 17.1. The second-order valence-corrected chi connectivity index (χ2v) is 5.22. The summed E-state index contributed by atoms with van der Waals surface area (Å²) in [5, 5.41) is 6.62. The highest BCUT2D eigenvalue weighted by Gasteiger charge is 2.11. The van der Waals surface area contributed by atoms with E-state index < -0.39 is 0 Å². The summed E-state index contributed by atoms with van der Waals surface area (Å²) >= 11 is 0. The number of carbonyl (C=O) groups is 1. The number of carbonyl (C=O) groups excluding carboxylic acids is 1. The Morgan fingerprint density at radius 3 is 2.65 bits per heavy atom. The van der Waals surface area contributed by atoms with E-state index in [2.05, 4.69) is 27.3 Å². The van der Waals surface area contributed by atoms with Gasteiger partial charge in [-0.1, -0.05) is 24.2 Å². The Kier molecular flexibility index (Phi) is 6.25. The van der Waals surface area contributed by atoms with Crippen LogP contribution in [0.2, 0.25) is 0 Å². The van der Waals surface area contributed by atoms with Gasteiger partial charge in [-0.2, -0.15) is 4.98 Å². The number of benzene rings is 1. The predicted octanol–water partition coefficient (Wildman–Crippen LogP) is 2.20. The Bertz CT molecular complexity index is 625. The molecule has 0 bridgehead atoms. The van der Waals surface area contributed by atoms with Crippen LogP contribution in [0.3, 0.4) is 0 Å². The van der Waals surface area contributed by atoms with Gasteiger partial charge in [-0.25, -0.2) is 0 Å². The maximum Gasteiger partial charge on any atom is 0.240 e. The molecule has 2 rings (SSSR count). The number of anilines is 1. The summed E-state index contributed by atoms with van der Waals surface area (Å²) in [6.07, 6.45) is 0. The summed E-state index contributed by atoms with van der Waals surface area (Å²) in [6.45, 7) is 6.13. The summed E-state index contributed by atoms with van der Waals surface area (Å²) in [7, 11) is 1.60. The van der Waals surface area contributed by atoms with E-state index in [9.17, 15) is 4.79 Å². The van der Waals surface area contributed by atoms with Crippen LogP contribution in [0, 0.1) is 0 Å². The van der Waals surface area contributed by atoms with Crippen molar-refractivity contribution in [3.8, 4) is 0 Å². The molecule has 0 aliphatic rings. The molecule has 0 unspecified atom stereocenters. The zero-order valence-corrected chi connectivity index (χ0v) is 13.7. The molecule has 1 N–H and O–H groups in total. The van der Waals surface area contributed by atoms with E-state index in [0.29, 0.717) is 24.9 Å². The third-order valence-corrected chi connectivity index (χ3v) is 3.27. The summed E-state index contributed by atoms with van der Waals surface area (Å²) in [5.74, 6) is 1.06. The van der Waals surface area contributed by atoms with E-state index in [1.165, 1.54) is 6.92 Å². The highest BCUT2D eigenvalue weighted by molar-refractivity contribution is 5.88. The van der Waals surface area contributed by atoms with Gasteiger partial charge in [-0.15, -0.1) is 0 Å². The molecule has 0 radical (unpaired) electrons. The van der Waals surface area contributed by atoms with Crippen LogP contribution in [0.4, 0.5) is 5.69 Å². The van der Waals surface area contributed by atoms with Gasteiger partial charge in [0.2, 0.25) is 11.8 Å². The van der Waals surface area contributed by atoms with E-state index in [-0.39, 0.29) is 5.91 Å². The van der Waals surface area contributed by atoms with Crippen molar-refractivity contribution in [2.45, 2.75) is 33.5 Å². The molecule has 0 fully saturated rings. The van der Waals surface area contributed by atoms with Crippen LogP contribution in [0.15, 0.2) is 28.8 Å². The van der Waals surface area contributed by atoms with Gasteiger partial charge < -0.3 is 14.6 Å². The van der Waals surface area contributed by atoms with Crippen molar-refractivity contribution in [2.24, 2.45) is 0 Å². The smallest absolute Gasteiger partial charge is 0.240 e. The first-order valence-corrected chi connectivity index (χ1v) is 7.50. The van der Waals surface area contributed by atoms with Crippen LogP contribution < -0.4 is 5.32 Å². The minimum absolute atomic E-state index is 0.0730. The normalized spacial score (nSPS) is 11.0. The number of hydrogen-bond acceptors (Lipinski definition) is 6. The first-order chi connectivity index (χ1) is 11.1. The van der Waals surface area contributed by atoms with Gasteiger partial charge in [-0.05, 0) is 24.2 Å². The molecule has 0 atom stereocenters. The molecule has 1 aromatic carbocycles. The van der Waals surface area contributed by atoms with Crippen LogP contribution >= 0.6 is 0 Å². The van der Waals surface area contributed by atoms with Crippen LogP contribution in [0.5, 0.6) is 0 Å². The van der Waals surface area contributed by atoms with Crippen molar-refractivity contribution >= 4 is 11.6 Å². The minimum Gasteiger partial charge on any atom is -0.377 e. The van der Waals surface area contributed by atoms with Gasteiger partial charge in [0.25, 0.3) is 0 Å². The lowest BCUT2D eigenvalue weighted by Gasteiger charge is -2.18. The molecular formula is C16H22N4O3. The topological polar surface area (TPSA) is 80.5 Å². The van der Waals surface area contributed by atoms with Crippen molar-refractivity contribution in [3.63, 3.8) is 0 Å². The molecule has 1 heterocycles. The second kappa shape index (κ2) is 8.40. The van der Waals surface area contributed by atoms with Crippen LogP contribution in [0.25, 0.3) is 0 Å². The average Bonchev–Trinajstić information content (AvgIpc) is 2.95. The molecule has 23 heavy (non-hydrogen) atoms. The maximum absolute atomic E-state index is 11.0. The van der Waals surface area contributed by atoms with Gasteiger partial charge in [0, 0.05) is 26.3 Å². The van der Waals surface area contributed by atoms with Crippen molar-refractivity contribution in [2.75, 3.05) is 19.0 Å². The lowest BCUT2D eigenvalue weighted by atomic mass is 10.2. The van der Waals surface area contributed by atoms with Crippen LogP contribution in [-0.2, 0) is 29.2 Å². The standard InChI is InChI=1S/C16H22N4O3/c1-4-20(10-16-18-15(11-22-3)19-23-16)9-13-5-7-14(8-6-13)17-12(2)21/h5-8H,4,9-11H2,1-3H3,(H,17,21). The van der Waals surface area contributed by atoms with E-state index in [1.54, 1.807) is 7.11 Å². The zero-order valence-electron chi connectivity index (χ0n) is 13.7. The number of hydrogen-bond donors (Lipinski definition) is 1. The number of nitrogens with one attached hydrogen (secondary N) is 1. The van der Waals surface area contributed by atoms with Crippen molar-refractivity contribution in [3.05, 3.63) is 41.5 Å². The SMILES string of the molecule is CCN(Cc1ccc(NC(C)=O)cc1)Cc1nc(COC)no1. The fourth-order valence-electron chi connectivity index (χ4n) is 2.17. The molecule has 0 saturated carbocycles. The van der Waals surface area contributed by atoms with Gasteiger partial charge in [-0.3, -0.25) is 9.69 Å². The number of nitrogens with zero attached hydrogens (tertiary/aromatic N) is 3. The molecule has 0 aliphatic heterocycles. The van der Waals surface area contributed by atoms with E-state index in [1.807, 2.05) is 24.3 Å². The molecule has 7 heteroatoms. The van der Waals surface area contributed by atoms with Gasteiger partial charge in [0.05, 0.1) is 6.54 Å². The van der Waals surface area contributed by atoms with E-state index in [0.717, 1.165) is 24.3 Å². The highest BCUT2D eigenvalue weighted by atomic mass is 16.5. The Labute approximate surface area is 135 Å². The Hall–Kier alpha value is -2.25. The molecule has 124 valence electrons. The predicted molar refractivity (Wildman–Crippen MR) is 85.5 cm³/mol. The Morgan fingerprint density at radius 1 is 1.30 bits per heavy atom. The third kappa shape index (κ3) is 5.46. The fraction of sp³-hybridized carbons (Fsp3) is 0.438. The molecule has 1 aromatic heterocycles. The second-order valence-electron chi connectivity index (χ2n) is 5.22. The van der Waals surface area contributed by atoms with E-state index >= 15 is 0 Å². The molecular weight excluding hydrogens is 296 g/mol. The number of ether oxygens (including phenoxy) is 1. The van der Waals surface area contributed by atoms with Gasteiger partial charge in [0.1, 0.15) is 6.61 Å². The average molecular weight is 318 g/mol. The lowest BCUT2D eigenvalue weighted by molar-refractivity contribution is -0.114. The van der Waals surface area contributed by atoms with Crippen molar-refractivity contribution < 1.29 is 14.1 Å². The van der Waals surface area contributed by atoms with Crippen LogP contribution in [-0.4, -0.2) is 34.6 Å². The largest absolute Gasteiger partial charge is 0.377 e. The number of rotatable bonds is 8. The first-order valence-electron chi connectivity index (χ1n) is 7.50. The molecule has 2 aromatic rings. The van der Waals surface area contributed by atoms with E-state index in [4.69, 9.17) is 9.26 Å². The summed E-state index contributed by atoms with van der Waals surface area (Å²) in [6, 6.07) is 7.79. The third-order valence-electron chi connectivity index (χ3n) is 3.27. The van der Waals surface area contributed by atoms with Gasteiger partial charge in [0.15, 0.2) is 5.82 Å². The zero-order chi connectivity index (χ0) is 16.7. The molecule has 1 amide bonds. The molecule has 0 saturated heterocycles. The maximum atomic E-state index is 11.0. The number of methoxy groups -OCH3 is 1. The van der Waals surface area contributed by atoms with Crippen molar-refractivity contribution in [1.29, 1.82) is 0 Å². The Balaban J connectivity index is 1.94.